The maximum atomic E-state index is 11.9. The maximum Gasteiger partial charge on any atom is 0.119 e. The van der Waals surface area contributed by atoms with Crippen LogP contribution in [0, 0.1) is 0 Å². The van der Waals surface area contributed by atoms with Crippen molar-refractivity contribution in [2.45, 2.75) is 19.1 Å². The zero-order valence-corrected chi connectivity index (χ0v) is 13.3. The lowest BCUT2D eigenvalue weighted by molar-refractivity contribution is 0.680. The van der Waals surface area contributed by atoms with Crippen molar-refractivity contribution >= 4 is 32.6 Å². The average molecular weight is 338 g/mol. The molecule has 1 unspecified atom stereocenters. The molecule has 0 aromatic heterocycles. The van der Waals surface area contributed by atoms with E-state index in [1.807, 2.05) is 62.4 Å². The Labute approximate surface area is 125 Å². The molecular formula is C15H16BrNOS. The van der Waals surface area contributed by atoms with Crippen LogP contribution in [-0.4, -0.2) is 9.46 Å². The van der Waals surface area contributed by atoms with Gasteiger partial charge in [0.15, 0.2) is 0 Å². The summed E-state index contributed by atoms with van der Waals surface area (Å²) in [6, 6.07) is 16.0. The van der Waals surface area contributed by atoms with Gasteiger partial charge < -0.3 is 4.72 Å². The quantitative estimate of drug-likeness (QED) is 0.867. The summed E-state index contributed by atoms with van der Waals surface area (Å²) in [5.74, 6) is 0. The fourth-order valence-electron chi connectivity index (χ4n) is 1.68. The summed E-state index contributed by atoms with van der Waals surface area (Å²) in [6.45, 7) is 3.87. The van der Waals surface area contributed by atoms with Crippen LogP contribution in [0.25, 0.3) is 11.1 Å². The van der Waals surface area contributed by atoms with E-state index >= 15 is 0 Å². The first kappa shape index (κ1) is 14.3. The van der Waals surface area contributed by atoms with Gasteiger partial charge in [0.25, 0.3) is 0 Å². The predicted octanol–water partition coefficient (Wildman–Crippen LogP) is 4.60. The number of hydrogen-bond donors (Lipinski definition) is 1. The van der Waals surface area contributed by atoms with Gasteiger partial charge >= 0.3 is 0 Å². The molecule has 19 heavy (non-hydrogen) atoms. The second-order valence-corrected chi connectivity index (χ2v) is 7.16. The van der Waals surface area contributed by atoms with Gasteiger partial charge in [0.2, 0.25) is 0 Å². The van der Waals surface area contributed by atoms with Crippen molar-refractivity contribution in [1.82, 2.24) is 0 Å². The van der Waals surface area contributed by atoms with Gasteiger partial charge in [0.1, 0.15) is 11.0 Å². The van der Waals surface area contributed by atoms with Crippen LogP contribution >= 0.6 is 15.9 Å². The molecule has 2 rings (SSSR count). The minimum Gasteiger partial charge on any atom is -0.304 e. The summed E-state index contributed by atoms with van der Waals surface area (Å²) < 4.78 is 16.1. The molecule has 1 N–H and O–H groups in total. The van der Waals surface area contributed by atoms with E-state index in [9.17, 15) is 4.21 Å². The van der Waals surface area contributed by atoms with Crippen LogP contribution in [0.4, 0.5) is 5.69 Å². The largest absolute Gasteiger partial charge is 0.304 e. The van der Waals surface area contributed by atoms with Crippen molar-refractivity contribution in [1.29, 1.82) is 0 Å². The molecule has 0 saturated carbocycles. The summed E-state index contributed by atoms with van der Waals surface area (Å²) in [6.07, 6.45) is 0. The van der Waals surface area contributed by atoms with Crippen molar-refractivity contribution < 1.29 is 4.21 Å². The molecule has 1 atom stereocenters. The molecule has 0 fully saturated rings. The normalized spacial score (nSPS) is 12.4. The van der Waals surface area contributed by atoms with E-state index in [1.165, 1.54) is 0 Å². The molecule has 0 heterocycles. The van der Waals surface area contributed by atoms with Crippen LogP contribution in [0.5, 0.6) is 0 Å². The second kappa shape index (κ2) is 6.35. The van der Waals surface area contributed by atoms with Crippen molar-refractivity contribution in [2.24, 2.45) is 0 Å². The number of rotatable bonds is 4. The van der Waals surface area contributed by atoms with E-state index < -0.39 is 11.0 Å². The van der Waals surface area contributed by atoms with Gasteiger partial charge in [-0.3, -0.25) is 0 Å². The predicted molar refractivity (Wildman–Crippen MR) is 86.5 cm³/mol. The van der Waals surface area contributed by atoms with Crippen LogP contribution in [0.15, 0.2) is 53.0 Å². The van der Waals surface area contributed by atoms with Gasteiger partial charge in [-0.05, 0) is 37.6 Å². The molecule has 100 valence electrons. The third-order valence-electron chi connectivity index (χ3n) is 2.72. The molecule has 0 aliphatic heterocycles. The molecule has 0 amide bonds. The molecule has 0 radical (unpaired) electrons. The van der Waals surface area contributed by atoms with Crippen molar-refractivity contribution in [2.75, 3.05) is 4.72 Å². The lowest BCUT2D eigenvalue weighted by Gasteiger charge is -2.13. The lowest BCUT2D eigenvalue weighted by Crippen LogP contribution is -2.15. The van der Waals surface area contributed by atoms with Gasteiger partial charge in [-0.25, -0.2) is 4.21 Å². The zero-order chi connectivity index (χ0) is 13.8. The van der Waals surface area contributed by atoms with E-state index in [2.05, 4.69) is 20.7 Å². The standard InChI is InChI=1S/C15H16BrNOS/c1-11(2)19(18)17-15-6-4-3-5-14(15)12-7-9-13(16)10-8-12/h3-11,17H,1-2H3. The summed E-state index contributed by atoms with van der Waals surface area (Å²) in [5, 5.41) is 0.0815. The molecule has 0 spiro atoms. The zero-order valence-electron chi connectivity index (χ0n) is 10.9. The minimum absolute atomic E-state index is 0.0815. The molecule has 0 bridgehead atoms. The van der Waals surface area contributed by atoms with E-state index in [-0.39, 0.29) is 5.25 Å². The molecule has 0 aliphatic carbocycles. The number of benzene rings is 2. The minimum atomic E-state index is -1.07. The van der Waals surface area contributed by atoms with Gasteiger partial charge in [0.05, 0.1) is 5.69 Å². The first-order valence-electron chi connectivity index (χ1n) is 6.10. The van der Waals surface area contributed by atoms with E-state index in [1.54, 1.807) is 0 Å². The summed E-state index contributed by atoms with van der Waals surface area (Å²) >= 11 is 3.43. The highest BCUT2D eigenvalue weighted by atomic mass is 79.9. The highest BCUT2D eigenvalue weighted by molar-refractivity contribution is 9.10. The third-order valence-corrected chi connectivity index (χ3v) is 4.53. The Kier molecular flexibility index (Phi) is 4.77. The Morgan fingerprint density at radius 1 is 1.05 bits per heavy atom. The molecule has 2 aromatic carbocycles. The summed E-state index contributed by atoms with van der Waals surface area (Å²) in [5.41, 5.74) is 3.06. The van der Waals surface area contributed by atoms with Crippen molar-refractivity contribution in [3.63, 3.8) is 0 Å². The van der Waals surface area contributed by atoms with Crippen LogP contribution in [0.2, 0.25) is 0 Å². The van der Waals surface area contributed by atoms with Crippen LogP contribution in [0.1, 0.15) is 13.8 Å². The highest BCUT2D eigenvalue weighted by Crippen LogP contribution is 2.29. The SMILES string of the molecule is CC(C)S(=O)Nc1ccccc1-c1ccc(Br)cc1. The fourth-order valence-corrected chi connectivity index (χ4v) is 2.57. The number of nitrogens with one attached hydrogen (secondary N) is 1. The molecule has 2 aromatic rings. The van der Waals surface area contributed by atoms with Gasteiger partial charge in [-0.15, -0.1) is 0 Å². The Morgan fingerprint density at radius 3 is 2.32 bits per heavy atom. The summed E-state index contributed by atoms with van der Waals surface area (Å²) in [4.78, 5) is 0. The monoisotopic (exact) mass is 337 g/mol. The van der Waals surface area contributed by atoms with E-state index in [0.29, 0.717) is 0 Å². The first-order chi connectivity index (χ1) is 9.08. The molecule has 4 heteroatoms. The topological polar surface area (TPSA) is 29.1 Å². The average Bonchev–Trinajstić information content (AvgIpc) is 2.40. The smallest absolute Gasteiger partial charge is 0.119 e. The van der Waals surface area contributed by atoms with Crippen LogP contribution in [0.3, 0.4) is 0 Å². The Morgan fingerprint density at radius 2 is 1.68 bits per heavy atom. The van der Waals surface area contributed by atoms with Crippen LogP contribution < -0.4 is 4.72 Å². The van der Waals surface area contributed by atoms with Gasteiger partial charge in [-0.1, -0.05) is 46.3 Å². The van der Waals surface area contributed by atoms with Crippen molar-refractivity contribution in [3.8, 4) is 11.1 Å². The van der Waals surface area contributed by atoms with Gasteiger partial charge in [0, 0.05) is 15.3 Å². The molecule has 0 saturated heterocycles. The Balaban J connectivity index is 2.36. The Bertz CT molecular complexity index is 581. The number of halogens is 1. The Hall–Kier alpha value is -1.13. The highest BCUT2D eigenvalue weighted by Gasteiger charge is 2.09. The number of para-hydroxylation sites is 1. The lowest BCUT2D eigenvalue weighted by atomic mass is 10.0. The second-order valence-electron chi connectivity index (χ2n) is 4.50. The maximum absolute atomic E-state index is 11.9. The molecule has 2 nitrogen and oxygen atoms in total. The van der Waals surface area contributed by atoms with Gasteiger partial charge in [-0.2, -0.15) is 0 Å². The summed E-state index contributed by atoms with van der Waals surface area (Å²) in [7, 11) is -1.07. The molecular weight excluding hydrogens is 322 g/mol. The third kappa shape index (κ3) is 3.67. The fraction of sp³-hybridized carbons (Fsp3) is 0.200. The van der Waals surface area contributed by atoms with E-state index in [4.69, 9.17) is 0 Å². The number of anilines is 1. The van der Waals surface area contributed by atoms with Crippen LogP contribution in [-0.2, 0) is 11.0 Å². The number of hydrogen-bond acceptors (Lipinski definition) is 1. The van der Waals surface area contributed by atoms with Crippen molar-refractivity contribution in [3.05, 3.63) is 53.0 Å². The first-order valence-corrected chi connectivity index (χ1v) is 8.10. The van der Waals surface area contributed by atoms with E-state index in [0.717, 1.165) is 21.3 Å². The molecule has 0 aliphatic rings.